The van der Waals surface area contributed by atoms with Crippen LogP contribution in [0.1, 0.15) is 22.8 Å². The van der Waals surface area contributed by atoms with Crippen LogP contribution in [-0.4, -0.2) is 19.6 Å². The van der Waals surface area contributed by atoms with Gasteiger partial charge in [0.25, 0.3) is 5.91 Å². The van der Waals surface area contributed by atoms with Crippen molar-refractivity contribution in [2.45, 2.75) is 13.5 Å². The zero-order valence-electron chi connectivity index (χ0n) is 12.9. The third-order valence-corrected chi connectivity index (χ3v) is 3.42. The summed E-state index contributed by atoms with van der Waals surface area (Å²) in [5, 5.41) is 2.79. The summed E-state index contributed by atoms with van der Waals surface area (Å²) in [6.07, 6.45) is 0. The van der Waals surface area contributed by atoms with Gasteiger partial charge in [0.05, 0.1) is 19.4 Å². The van der Waals surface area contributed by atoms with Crippen molar-refractivity contribution in [3.05, 3.63) is 58.4 Å². The second-order valence-electron chi connectivity index (χ2n) is 4.74. The van der Waals surface area contributed by atoms with E-state index in [1.54, 1.807) is 25.3 Å². The van der Waals surface area contributed by atoms with Gasteiger partial charge in [-0.3, -0.25) is 4.79 Å². The van der Waals surface area contributed by atoms with E-state index in [4.69, 9.17) is 21.1 Å². The molecule has 2 aromatic carbocycles. The van der Waals surface area contributed by atoms with E-state index in [2.05, 4.69) is 5.32 Å². The Kier molecular flexibility index (Phi) is 5.96. The number of ether oxygens (including phenoxy) is 2. The minimum Gasteiger partial charge on any atom is -0.496 e. The number of rotatable bonds is 6. The Morgan fingerprint density at radius 2 is 2.04 bits per heavy atom. The fraction of sp³-hybridized carbons (Fsp3) is 0.235. The Labute approximate surface area is 139 Å². The molecule has 6 heteroatoms. The Hall–Kier alpha value is -2.11. The lowest BCUT2D eigenvalue weighted by Crippen LogP contribution is -2.13. The molecule has 2 rings (SSSR count). The lowest BCUT2D eigenvalue weighted by Gasteiger charge is -2.11. The second-order valence-corrected chi connectivity index (χ2v) is 5.18. The van der Waals surface area contributed by atoms with Crippen LogP contribution in [0.2, 0.25) is 5.02 Å². The average molecular weight is 338 g/mol. The van der Waals surface area contributed by atoms with Crippen molar-refractivity contribution >= 4 is 23.2 Å². The first kappa shape index (κ1) is 17.2. The maximum atomic E-state index is 13.8. The Morgan fingerprint density at radius 1 is 1.26 bits per heavy atom. The first-order chi connectivity index (χ1) is 11.0. The molecule has 1 amide bonds. The minimum absolute atomic E-state index is 0.0709. The topological polar surface area (TPSA) is 47.6 Å². The summed E-state index contributed by atoms with van der Waals surface area (Å²) in [4.78, 5) is 12.3. The Morgan fingerprint density at radius 3 is 2.70 bits per heavy atom. The number of methoxy groups -OCH3 is 1. The highest BCUT2D eigenvalue weighted by Crippen LogP contribution is 2.23. The molecule has 0 aromatic heterocycles. The number of benzene rings is 2. The summed E-state index contributed by atoms with van der Waals surface area (Å²) in [7, 11) is 1.55. The Bertz CT molecular complexity index is 706. The van der Waals surface area contributed by atoms with Gasteiger partial charge in [-0.2, -0.15) is 0 Å². The van der Waals surface area contributed by atoms with Gasteiger partial charge in [-0.15, -0.1) is 0 Å². The minimum atomic E-state index is -0.589. The van der Waals surface area contributed by atoms with Gasteiger partial charge in [-0.25, -0.2) is 4.39 Å². The zero-order chi connectivity index (χ0) is 16.8. The average Bonchev–Trinajstić information content (AvgIpc) is 2.55. The van der Waals surface area contributed by atoms with Crippen molar-refractivity contribution in [1.82, 2.24) is 0 Å². The quantitative estimate of drug-likeness (QED) is 0.856. The van der Waals surface area contributed by atoms with Crippen molar-refractivity contribution in [3.63, 3.8) is 0 Å². The SMILES string of the molecule is CCOCc1cc(C(=O)Nc2ccc(Cl)cc2F)ccc1OC. The number of halogens is 2. The summed E-state index contributed by atoms with van der Waals surface area (Å²) in [5.41, 5.74) is 1.20. The smallest absolute Gasteiger partial charge is 0.255 e. The molecule has 2 aromatic rings. The van der Waals surface area contributed by atoms with Gasteiger partial charge in [0.15, 0.2) is 0 Å². The molecule has 4 nitrogen and oxygen atoms in total. The predicted octanol–water partition coefficient (Wildman–Crippen LogP) is 4.28. The monoisotopic (exact) mass is 337 g/mol. The van der Waals surface area contributed by atoms with Crippen molar-refractivity contribution in [2.24, 2.45) is 0 Å². The normalized spacial score (nSPS) is 10.4. The lowest BCUT2D eigenvalue weighted by molar-refractivity contribution is 0.102. The predicted molar refractivity (Wildman–Crippen MR) is 87.7 cm³/mol. The molecule has 122 valence electrons. The molecule has 0 heterocycles. The highest BCUT2D eigenvalue weighted by molar-refractivity contribution is 6.30. The molecule has 0 aliphatic rings. The number of nitrogens with one attached hydrogen (secondary N) is 1. The van der Waals surface area contributed by atoms with Crippen LogP contribution in [0.3, 0.4) is 0 Å². The van der Waals surface area contributed by atoms with Crippen LogP contribution in [0.25, 0.3) is 0 Å². The van der Waals surface area contributed by atoms with Crippen molar-refractivity contribution in [2.75, 3.05) is 19.0 Å². The third-order valence-electron chi connectivity index (χ3n) is 3.18. The lowest BCUT2D eigenvalue weighted by atomic mass is 10.1. The van der Waals surface area contributed by atoms with E-state index in [0.717, 1.165) is 11.6 Å². The molecular weight excluding hydrogens is 321 g/mol. The van der Waals surface area contributed by atoms with Crippen LogP contribution in [0, 0.1) is 5.82 Å². The molecule has 0 unspecified atom stereocenters. The first-order valence-corrected chi connectivity index (χ1v) is 7.44. The van der Waals surface area contributed by atoms with E-state index < -0.39 is 11.7 Å². The molecule has 1 N–H and O–H groups in total. The van der Waals surface area contributed by atoms with Crippen LogP contribution >= 0.6 is 11.6 Å². The van der Waals surface area contributed by atoms with Crippen molar-refractivity contribution in [3.8, 4) is 5.75 Å². The fourth-order valence-electron chi connectivity index (χ4n) is 2.03. The van der Waals surface area contributed by atoms with Crippen LogP contribution in [0.15, 0.2) is 36.4 Å². The number of carbonyl (C=O) groups is 1. The molecule has 0 aliphatic heterocycles. The van der Waals surface area contributed by atoms with E-state index in [0.29, 0.717) is 24.5 Å². The summed E-state index contributed by atoms with van der Waals surface area (Å²) < 4.78 is 24.4. The van der Waals surface area contributed by atoms with E-state index in [9.17, 15) is 9.18 Å². The number of carbonyl (C=O) groups excluding carboxylic acids is 1. The van der Waals surface area contributed by atoms with E-state index in [-0.39, 0.29) is 10.7 Å². The van der Waals surface area contributed by atoms with Gasteiger partial charge >= 0.3 is 0 Å². The van der Waals surface area contributed by atoms with Gasteiger partial charge in [-0.05, 0) is 43.3 Å². The molecule has 0 radical (unpaired) electrons. The van der Waals surface area contributed by atoms with Crippen LogP contribution in [-0.2, 0) is 11.3 Å². The van der Waals surface area contributed by atoms with Gasteiger partial charge in [-0.1, -0.05) is 11.6 Å². The maximum absolute atomic E-state index is 13.8. The van der Waals surface area contributed by atoms with Crippen molar-refractivity contribution < 1.29 is 18.7 Å². The first-order valence-electron chi connectivity index (χ1n) is 7.06. The molecule has 0 bridgehead atoms. The highest BCUT2D eigenvalue weighted by atomic mass is 35.5. The molecule has 0 saturated carbocycles. The second kappa shape index (κ2) is 7.94. The number of hydrogen-bond donors (Lipinski definition) is 1. The van der Waals surface area contributed by atoms with Gasteiger partial charge in [0, 0.05) is 22.8 Å². The summed E-state index contributed by atoms with van der Waals surface area (Å²) in [6.45, 7) is 2.76. The van der Waals surface area contributed by atoms with E-state index >= 15 is 0 Å². The fourth-order valence-corrected chi connectivity index (χ4v) is 2.19. The number of anilines is 1. The van der Waals surface area contributed by atoms with Crippen LogP contribution < -0.4 is 10.1 Å². The number of hydrogen-bond acceptors (Lipinski definition) is 3. The maximum Gasteiger partial charge on any atom is 0.255 e. The molecule has 0 aliphatic carbocycles. The third kappa shape index (κ3) is 4.43. The van der Waals surface area contributed by atoms with Gasteiger partial charge in [0.2, 0.25) is 0 Å². The van der Waals surface area contributed by atoms with Crippen LogP contribution in [0.4, 0.5) is 10.1 Å². The van der Waals surface area contributed by atoms with Crippen molar-refractivity contribution in [1.29, 1.82) is 0 Å². The van der Waals surface area contributed by atoms with Crippen LogP contribution in [0.5, 0.6) is 5.75 Å². The molecule has 0 atom stereocenters. The van der Waals surface area contributed by atoms with Gasteiger partial charge < -0.3 is 14.8 Å². The molecular formula is C17H17ClFNO3. The summed E-state index contributed by atoms with van der Waals surface area (Å²) >= 11 is 5.69. The largest absolute Gasteiger partial charge is 0.496 e. The van der Waals surface area contributed by atoms with Gasteiger partial charge in [0.1, 0.15) is 11.6 Å². The zero-order valence-corrected chi connectivity index (χ0v) is 13.6. The van der Waals surface area contributed by atoms with E-state index in [1.165, 1.54) is 12.1 Å². The molecule has 0 spiro atoms. The standard InChI is InChI=1S/C17H17ClFNO3/c1-3-23-10-12-8-11(4-7-16(12)22-2)17(21)20-15-6-5-13(18)9-14(15)19/h4-9H,3,10H2,1-2H3,(H,20,21). The summed E-state index contributed by atoms with van der Waals surface area (Å²) in [6, 6.07) is 9.03. The Balaban J connectivity index is 2.21. The highest BCUT2D eigenvalue weighted by Gasteiger charge is 2.13. The molecule has 23 heavy (non-hydrogen) atoms. The molecule has 0 saturated heterocycles. The van der Waals surface area contributed by atoms with E-state index in [1.807, 2.05) is 6.92 Å². The molecule has 0 fully saturated rings. The summed E-state index contributed by atoms with van der Waals surface area (Å²) in [5.74, 6) is -0.381. The number of amides is 1.